The van der Waals surface area contributed by atoms with Crippen molar-refractivity contribution in [3.8, 4) is 0 Å². The SMILES string of the molecule is C[C@]12CC[C@H](O)C[C@@H]1CC[C@@H]1[C@@H]2CC[C@]2(C)C(O)=CC[C@@H]12. The first-order valence-electron chi connectivity index (χ1n) is 9.03. The van der Waals surface area contributed by atoms with Crippen molar-refractivity contribution in [2.45, 2.75) is 71.3 Å². The minimum Gasteiger partial charge on any atom is -0.512 e. The van der Waals surface area contributed by atoms with Crippen LogP contribution < -0.4 is 0 Å². The topological polar surface area (TPSA) is 40.5 Å². The van der Waals surface area contributed by atoms with Gasteiger partial charge in [-0.2, -0.15) is 0 Å². The van der Waals surface area contributed by atoms with E-state index in [0.29, 0.717) is 17.1 Å². The van der Waals surface area contributed by atoms with Crippen LogP contribution in [-0.2, 0) is 0 Å². The molecule has 0 heterocycles. The van der Waals surface area contributed by atoms with Gasteiger partial charge in [-0.3, -0.25) is 0 Å². The first-order valence-corrected chi connectivity index (χ1v) is 9.03. The van der Waals surface area contributed by atoms with Crippen LogP contribution in [0, 0.1) is 34.5 Å². The number of aliphatic hydroxyl groups excluding tert-OH is 2. The Morgan fingerprint density at radius 3 is 2.67 bits per heavy atom. The molecule has 2 N–H and O–H groups in total. The van der Waals surface area contributed by atoms with Crippen molar-refractivity contribution < 1.29 is 10.2 Å². The number of aliphatic hydroxyl groups is 2. The molecule has 0 aliphatic heterocycles. The van der Waals surface area contributed by atoms with Crippen molar-refractivity contribution in [2.24, 2.45) is 34.5 Å². The molecule has 0 aromatic heterocycles. The molecule has 7 atom stereocenters. The van der Waals surface area contributed by atoms with Gasteiger partial charge in [0.05, 0.1) is 11.9 Å². The Morgan fingerprint density at radius 1 is 1.05 bits per heavy atom. The minimum atomic E-state index is -0.0503. The summed E-state index contributed by atoms with van der Waals surface area (Å²) in [6.45, 7) is 4.82. The first kappa shape index (κ1) is 14.1. The van der Waals surface area contributed by atoms with E-state index in [9.17, 15) is 10.2 Å². The Morgan fingerprint density at radius 2 is 1.86 bits per heavy atom. The predicted octanol–water partition coefficient (Wildman–Crippen LogP) is 4.44. The second kappa shape index (κ2) is 4.50. The molecule has 0 unspecified atom stereocenters. The molecule has 4 rings (SSSR count). The molecule has 0 spiro atoms. The van der Waals surface area contributed by atoms with Crippen molar-refractivity contribution in [1.82, 2.24) is 0 Å². The fourth-order valence-electron chi connectivity index (χ4n) is 6.78. The highest BCUT2D eigenvalue weighted by Gasteiger charge is 2.58. The smallest absolute Gasteiger partial charge is 0.0944 e. The number of rotatable bonds is 0. The van der Waals surface area contributed by atoms with E-state index in [4.69, 9.17) is 0 Å². The van der Waals surface area contributed by atoms with E-state index in [1.54, 1.807) is 0 Å². The molecule has 3 fully saturated rings. The van der Waals surface area contributed by atoms with Crippen molar-refractivity contribution in [3.05, 3.63) is 11.8 Å². The predicted molar refractivity (Wildman–Crippen MR) is 83.8 cm³/mol. The fraction of sp³-hybridized carbons (Fsp3) is 0.895. The fourth-order valence-corrected chi connectivity index (χ4v) is 6.78. The molecule has 2 nitrogen and oxygen atoms in total. The lowest BCUT2D eigenvalue weighted by atomic mass is 9.45. The maximum absolute atomic E-state index is 10.3. The first-order chi connectivity index (χ1) is 9.95. The number of hydrogen-bond donors (Lipinski definition) is 2. The van der Waals surface area contributed by atoms with Crippen molar-refractivity contribution in [2.75, 3.05) is 0 Å². The van der Waals surface area contributed by atoms with Crippen molar-refractivity contribution in [1.29, 1.82) is 0 Å². The maximum atomic E-state index is 10.3. The Balaban J connectivity index is 1.63. The van der Waals surface area contributed by atoms with E-state index in [0.717, 1.165) is 43.4 Å². The van der Waals surface area contributed by atoms with E-state index >= 15 is 0 Å². The summed E-state index contributed by atoms with van der Waals surface area (Å²) in [7, 11) is 0. The molecule has 4 aliphatic carbocycles. The Labute approximate surface area is 128 Å². The molecule has 3 saturated carbocycles. The van der Waals surface area contributed by atoms with Gasteiger partial charge in [0.15, 0.2) is 0 Å². The van der Waals surface area contributed by atoms with Gasteiger partial charge in [-0.25, -0.2) is 0 Å². The highest BCUT2D eigenvalue weighted by Crippen LogP contribution is 2.65. The van der Waals surface area contributed by atoms with Crippen LogP contribution in [0.1, 0.15) is 65.2 Å². The highest BCUT2D eigenvalue weighted by atomic mass is 16.3. The van der Waals surface area contributed by atoms with Crippen LogP contribution in [0.15, 0.2) is 11.8 Å². The molecule has 0 radical (unpaired) electrons. The molecule has 0 amide bonds. The van der Waals surface area contributed by atoms with Crippen molar-refractivity contribution in [3.63, 3.8) is 0 Å². The molecule has 0 aromatic rings. The maximum Gasteiger partial charge on any atom is 0.0944 e. The number of allylic oxidation sites excluding steroid dienone is 2. The van der Waals surface area contributed by atoms with Gasteiger partial charge in [-0.1, -0.05) is 13.8 Å². The Kier molecular flexibility index (Phi) is 3.03. The summed E-state index contributed by atoms with van der Waals surface area (Å²) in [6, 6.07) is 0. The summed E-state index contributed by atoms with van der Waals surface area (Å²) in [5.41, 5.74) is 0.514. The summed E-state index contributed by atoms with van der Waals surface area (Å²) in [6.07, 6.45) is 11.4. The highest BCUT2D eigenvalue weighted by molar-refractivity contribution is 5.20. The van der Waals surface area contributed by atoms with Gasteiger partial charge in [0.1, 0.15) is 0 Å². The summed E-state index contributed by atoms with van der Waals surface area (Å²) >= 11 is 0. The van der Waals surface area contributed by atoms with Crippen LogP contribution in [0.3, 0.4) is 0 Å². The summed E-state index contributed by atoms with van der Waals surface area (Å²) in [5.74, 6) is 3.69. The molecule has 0 aromatic carbocycles. The van der Waals surface area contributed by atoms with Gasteiger partial charge < -0.3 is 10.2 Å². The molecule has 118 valence electrons. The van der Waals surface area contributed by atoms with E-state index in [-0.39, 0.29) is 11.5 Å². The normalized spacial score (nSPS) is 56.1. The summed E-state index contributed by atoms with van der Waals surface area (Å²) in [4.78, 5) is 0. The van der Waals surface area contributed by atoms with Crippen LogP contribution in [-0.4, -0.2) is 16.3 Å². The van der Waals surface area contributed by atoms with Gasteiger partial charge >= 0.3 is 0 Å². The van der Waals surface area contributed by atoms with Gasteiger partial charge in [0.2, 0.25) is 0 Å². The molecular weight excluding hydrogens is 260 g/mol. The zero-order valence-corrected chi connectivity index (χ0v) is 13.5. The summed E-state index contributed by atoms with van der Waals surface area (Å²) in [5, 5.41) is 20.4. The van der Waals surface area contributed by atoms with E-state index < -0.39 is 0 Å². The van der Waals surface area contributed by atoms with Gasteiger partial charge in [-0.15, -0.1) is 0 Å². The van der Waals surface area contributed by atoms with Crippen LogP contribution in [0.25, 0.3) is 0 Å². The van der Waals surface area contributed by atoms with E-state index in [2.05, 4.69) is 19.9 Å². The van der Waals surface area contributed by atoms with E-state index in [1.165, 1.54) is 25.7 Å². The molecule has 0 bridgehead atoms. The lowest BCUT2D eigenvalue weighted by Crippen LogP contribution is -2.53. The summed E-state index contributed by atoms with van der Waals surface area (Å²) < 4.78 is 0. The largest absolute Gasteiger partial charge is 0.512 e. The van der Waals surface area contributed by atoms with Gasteiger partial charge in [-0.05, 0) is 86.5 Å². The van der Waals surface area contributed by atoms with Crippen LogP contribution in [0.4, 0.5) is 0 Å². The van der Waals surface area contributed by atoms with Crippen LogP contribution >= 0.6 is 0 Å². The third kappa shape index (κ3) is 1.81. The molecule has 4 aliphatic rings. The third-order valence-electron chi connectivity index (χ3n) is 8.18. The minimum absolute atomic E-state index is 0.0503. The standard InChI is InChI=1S/C19H30O2/c1-18-9-7-13(20)11-12(18)3-4-14-15-5-6-17(21)19(15,2)10-8-16(14)18/h6,12-16,20-21H,3-5,7-11H2,1-2H3/t12-,13-,14-,15-,16-,18-,19-/m0/s1. The second-order valence-electron chi connectivity index (χ2n) is 8.87. The Hall–Kier alpha value is -0.500. The monoisotopic (exact) mass is 290 g/mol. The average molecular weight is 290 g/mol. The Bertz CT molecular complexity index is 470. The zero-order chi connectivity index (χ0) is 14.8. The molecular formula is C19H30O2. The lowest BCUT2D eigenvalue weighted by Gasteiger charge is -2.60. The van der Waals surface area contributed by atoms with Crippen LogP contribution in [0.5, 0.6) is 0 Å². The number of hydrogen-bond acceptors (Lipinski definition) is 2. The average Bonchev–Trinajstić information content (AvgIpc) is 2.76. The number of fused-ring (bicyclic) bond motifs is 5. The second-order valence-corrected chi connectivity index (χ2v) is 8.87. The molecule has 2 heteroatoms. The molecule has 21 heavy (non-hydrogen) atoms. The van der Waals surface area contributed by atoms with Gasteiger partial charge in [0.25, 0.3) is 0 Å². The molecule has 0 saturated heterocycles. The quantitative estimate of drug-likeness (QED) is 0.692. The third-order valence-corrected chi connectivity index (χ3v) is 8.18. The van der Waals surface area contributed by atoms with Crippen LogP contribution in [0.2, 0.25) is 0 Å². The van der Waals surface area contributed by atoms with Crippen molar-refractivity contribution >= 4 is 0 Å². The lowest BCUT2D eigenvalue weighted by molar-refractivity contribution is -0.121. The van der Waals surface area contributed by atoms with Gasteiger partial charge in [0, 0.05) is 5.41 Å². The zero-order valence-electron chi connectivity index (χ0n) is 13.5. The van der Waals surface area contributed by atoms with E-state index in [1.807, 2.05) is 0 Å².